The van der Waals surface area contributed by atoms with Gasteiger partial charge in [0, 0.05) is 12.1 Å². The number of halogens is 3. The molecule has 0 heterocycles. The van der Waals surface area contributed by atoms with Gasteiger partial charge in [0.25, 0.3) is 0 Å². The molecule has 1 aromatic carbocycles. The molecule has 8 heteroatoms. The molecule has 5 nitrogen and oxygen atoms in total. The van der Waals surface area contributed by atoms with Crippen molar-refractivity contribution in [3.05, 3.63) is 29.5 Å². The van der Waals surface area contributed by atoms with Crippen molar-refractivity contribution in [2.75, 3.05) is 0 Å². The third-order valence-corrected chi connectivity index (χ3v) is 1.54. The van der Waals surface area contributed by atoms with Gasteiger partial charge < -0.3 is 9.94 Å². The van der Waals surface area contributed by atoms with E-state index in [-0.39, 0.29) is 11.4 Å². The Morgan fingerprint density at radius 3 is 2.19 bits per heavy atom. The molecular formula is C8H6F3NO4. The van der Waals surface area contributed by atoms with E-state index in [0.29, 0.717) is 0 Å². The van der Waals surface area contributed by atoms with E-state index in [2.05, 4.69) is 4.74 Å². The fraction of sp³-hybridized carbons (Fsp3) is 0.125. The number of carbonyl (C=O) groups is 1. The minimum absolute atomic E-state index is 0.119. The zero-order chi connectivity index (χ0) is 12.3. The van der Waals surface area contributed by atoms with Crippen molar-refractivity contribution < 1.29 is 33.1 Å². The third-order valence-electron chi connectivity index (χ3n) is 1.54. The fourth-order valence-electron chi connectivity index (χ4n) is 0.830. The molecule has 88 valence electrons. The number of benzene rings is 1. The molecule has 0 aliphatic carbocycles. The first-order chi connectivity index (χ1) is 7.30. The average Bonchev–Trinajstić information content (AvgIpc) is 2.17. The summed E-state index contributed by atoms with van der Waals surface area (Å²) >= 11 is 0. The maximum absolute atomic E-state index is 11.8. The maximum Gasteiger partial charge on any atom is 0.491 e. The Kier molecular flexibility index (Phi) is 3.48. The van der Waals surface area contributed by atoms with Gasteiger partial charge in [-0.2, -0.15) is 18.4 Å². The van der Waals surface area contributed by atoms with Crippen LogP contribution in [0.15, 0.2) is 24.3 Å². The van der Waals surface area contributed by atoms with E-state index in [1.807, 2.05) is 0 Å². The van der Waals surface area contributed by atoms with Crippen molar-refractivity contribution in [3.8, 4) is 5.75 Å². The van der Waals surface area contributed by atoms with Gasteiger partial charge in [0.15, 0.2) is 5.69 Å². The normalized spacial score (nSPS) is 13.3. The summed E-state index contributed by atoms with van der Waals surface area (Å²) in [5, 5.41) is 17.7. The molecule has 0 amide bonds. The zero-order valence-corrected chi connectivity index (χ0v) is 7.62. The van der Waals surface area contributed by atoms with Crippen molar-refractivity contribution in [3.63, 3.8) is 0 Å². The lowest BCUT2D eigenvalue weighted by Gasteiger charge is -2.11. The predicted molar refractivity (Wildman–Crippen MR) is 43.9 cm³/mol. The molecule has 0 aliphatic heterocycles. The first-order valence-electron chi connectivity index (χ1n) is 3.93. The van der Waals surface area contributed by atoms with E-state index >= 15 is 0 Å². The second kappa shape index (κ2) is 4.47. The maximum atomic E-state index is 11.8. The number of hydrogen-bond donors (Lipinski definition) is 2. The lowest BCUT2D eigenvalue weighted by molar-refractivity contribution is -0.991. The first-order valence-corrected chi connectivity index (χ1v) is 3.93. The van der Waals surface area contributed by atoms with Gasteiger partial charge in [-0.3, -0.25) is 0 Å². The second-order valence-electron chi connectivity index (χ2n) is 2.72. The van der Waals surface area contributed by atoms with E-state index in [4.69, 9.17) is 5.21 Å². The van der Waals surface area contributed by atoms with Gasteiger partial charge in [-0.15, -0.1) is 0 Å². The molecule has 1 unspecified atom stereocenters. The first kappa shape index (κ1) is 12.4. The monoisotopic (exact) mass is 237 g/mol. The van der Waals surface area contributed by atoms with Gasteiger partial charge in [0.2, 0.25) is 0 Å². The summed E-state index contributed by atoms with van der Waals surface area (Å²) in [4.78, 5) is 10.4. The molecule has 0 aliphatic rings. The number of hydrogen-bond acceptors (Lipinski definition) is 4. The highest BCUT2D eigenvalue weighted by atomic mass is 19.4. The summed E-state index contributed by atoms with van der Waals surface area (Å²) in [5.74, 6) is -2.72. The van der Waals surface area contributed by atoms with Crippen LogP contribution in [-0.4, -0.2) is 17.4 Å². The molecule has 0 spiro atoms. The number of esters is 1. The Morgan fingerprint density at radius 1 is 1.31 bits per heavy atom. The van der Waals surface area contributed by atoms with Crippen LogP contribution in [0.1, 0.15) is 0 Å². The molecule has 1 atom stereocenters. The van der Waals surface area contributed by atoms with Crippen LogP contribution in [0.3, 0.4) is 0 Å². The van der Waals surface area contributed by atoms with E-state index in [1.54, 1.807) is 0 Å². The Labute approximate surface area is 87.2 Å². The average molecular weight is 237 g/mol. The van der Waals surface area contributed by atoms with Crippen LogP contribution in [0.25, 0.3) is 0 Å². The van der Waals surface area contributed by atoms with Gasteiger partial charge in [0.1, 0.15) is 5.75 Å². The summed E-state index contributed by atoms with van der Waals surface area (Å²) in [7, 11) is 0. The quantitative estimate of drug-likeness (QED) is 0.447. The van der Waals surface area contributed by atoms with Crippen LogP contribution in [-0.2, 0) is 4.79 Å². The molecule has 1 rings (SSSR count). The molecule has 0 saturated heterocycles. The molecule has 1 aromatic rings. The van der Waals surface area contributed by atoms with Gasteiger partial charge in [0.05, 0.1) is 0 Å². The standard InChI is InChI=1S/C8H6F3NO4/c9-8(10,11)7(13)16-6-3-1-5(2-4-6)12(14)15/h1-4,12,14H. The number of ether oxygens (including phenoxy) is 1. The lowest BCUT2D eigenvalue weighted by atomic mass is 10.3. The van der Waals surface area contributed by atoms with Crippen LogP contribution in [0.2, 0.25) is 0 Å². The van der Waals surface area contributed by atoms with Crippen molar-refractivity contribution in [2.45, 2.75) is 6.18 Å². The highest BCUT2D eigenvalue weighted by Crippen LogP contribution is 2.20. The largest absolute Gasteiger partial charge is 0.595 e. The molecule has 0 bridgehead atoms. The number of rotatable bonds is 2. The summed E-state index contributed by atoms with van der Waals surface area (Å²) in [6.07, 6.45) is -5.08. The zero-order valence-electron chi connectivity index (χ0n) is 7.62. The summed E-state index contributed by atoms with van der Waals surface area (Å²) in [6.45, 7) is 0. The number of quaternary nitrogens is 1. The SMILES string of the molecule is O=C(Oc1ccc([NH+]([O-])O)cc1)C(F)(F)F. The van der Waals surface area contributed by atoms with Gasteiger partial charge in [-0.1, -0.05) is 0 Å². The van der Waals surface area contributed by atoms with Crippen molar-refractivity contribution in [1.29, 1.82) is 0 Å². The van der Waals surface area contributed by atoms with E-state index in [1.165, 1.54) is 0 Å². The Bertz CT molecular complexity index is 374. The van der Waals surface area contributed by atoms with E-state index in [9.17, 15) is 23.2 Å². The van der Waals surface area contributed by atoms with Gasteiger partial charge in [-0.05, 0) is 12.1 Å². The van der Waals surface area contributed by atoms with Crippen LogP contribution >= 0.6 is 0 Å². The minimum atomic E-state index is -5.08. The van der Waals surface area contributed by atoms with Crippen molar-refractivity contribution in [1.82, 2.24) is 0 Å². The smallest absolute Gasteiger partial charge is 0.491 e. The summed E-state index contributed by atoms with van der Waals surface area (Å²) in [5.41, 5.74) is -0.119. The highest BCUT2D eigenvalue weighted by Gasteiger charge is 2.41. The molecule has 0 fully saturated rings. The summed E-state index contributed by atoms with van der Waals surface area (Å²) in [6, 6.07) is 3.99. The molecule has 0 aromatic heterocycles. The minimum Gasteiger partial charge on any atom is -0.595 e. The van der Waals surface area contributed by atoms with Crippen LogP contribution in [0.4, 0.5) is 18.9 Å². The van der Waals surface area contributed by atoms with Crippen LogP contribution in [0.5, 0.6) is 5.75 Å². The Hall–Kier alpha value is -1.64. The topological polar surface area (TPSA) is 74.0 Å². The van der Waals surface area contributed by atoms with Crippen LogP contribution < -0.4 is 9.96 Å². The number of nitrogens with one attached hydrogen (secondary N) is 1. The number of alkyl halides is 3. The molecule has 2 N–H and O–H groups in total. The molecular weight excluding hydrogens is 231 g/mol. The lowest BCUT2D eigenvalue weighted by Crippen LogP contribution is -2.99. The van der Waals surface area contributed by atoms with Crippen molar-refractivity contribution in [2.24, 2.45) is 0 Å². The highest BCUT2D eigenvalue weighted by molar-refractivity contribution is 5.78. The van der Waals surface area contributed by atoms with Crippen LogP contribution in [0, 0.1) is 5.21 Å². The fourth-order valence-corrected chi connectivity index (χ4v) is 0.830. The van der Waals surface area contributed by atoms with E-state index in [0.717, 1.165) is 24.3 Å². The van der Waals surface area contributed by atoms with Gasteiger partial charge >= 0.3 is 12.1 Å². The Morgan fingerprint density at radius 2 is 1.81 bits per heavy atom. The summed E-state index contributed by atoms with van der Waals surface area (Å²) < 4.78 is 39.3. The second-order valence-corrected chi connectivity index (χ2v) is 2.72. The van der Waals surface area contributed by atoms with Gasteiger partial charge in [-0.25, -0.2) is 10.0 Å². The van der Waals surface area contributed by atoms with Crippen molar-refractivity contribution >= 4 is 11.7 Å². The predicted octanol–water partition coefficient (Wildman–Crippen LogP) is 0.558. The van der Waals surface area contributed by atoms with E-state index < -0.39 is 17.4 Å². The molecule has 0 saturated carbocycles. The molecule has 0 radical (unpaired) electrons. The third kappa shape index (κ3) is 3.19. The number of carbonyl (C=O) groups excluding carboxylic acids is 1. The molecule has 16 heavy (non-hydrogen) atoms. The Balaban J connectivity index is 2.73.